The molecule has 0 fully saturated rings. The van der Waals surface area contributed by atoms with Crippen molar-refractivity contribution in [3.8, 4) is 16.9 Å². The molecule has 1 atom stereocenters. The van der Waals surface area contributed by atoms with Crippen molar-refractivity contribution in [1.29, 1.82) is 0 Å². The minimum atomic E-state index is -0.867. The zero-order valence-electron chi connectivity index (χ0n) is 17.2. The Morgan fingerprint density at radius 3 is 2.10 bits per heavy atom. The predicted molar refractivity (Wildman–Crippen MR) is 117 cm³/mol. The number of hydrazine groups is 1. The van der Waals surface area contributed by atoms with Crippen molar-refractivity contribution in [3.63, 3.8) is 0 Å². The van der Waals surface area contributed by atoms with E-state index in [2.05, 4.69) is 23.0 Å². The summed E-state index contributed by atoms with van der Waals surface area (Å²) >= 11 is 0. The van der Waals surface area contributed by atoms with Gasteiger partial charge in [-0.3, -0.25) is 10.2 Å². The molecule has 0 bridgehead atoms. The topological polar surface area (TPSA) is 87.7 Å². The molecule has 31 heavy (non-hydrogen) atoms. The highest BCUT2D eigenvalue weighted by atomic mass is 16.5. The van der Waals surface area contributed by atoms with Gasteiger partial charge in [0.1, 0.15) is 12.4 Å². The summed E-state index contributed by atoms with van der Waals surface area (Å²) in [5.41, 5.74) is 10.8. The van der Waals surface area contributed by atoms with Gasteiger partial charge in [-0.15, -0.1) is 0 Å². The molecule has 0 aromatic heterocycles. The van der Waals surface area contributed by atoms with Gasteiger partial charge in [0, 0.05) is 5.92 Å². The molecule has 6 nitrogen and oxygen atoms in total. The van der Waals surface area contributed by atoms with Crippen molar-refractivity contribution in [2.45, 2.75) is 18.4 Å². The second-order valence-electron chi connectivity index (χ2n) is 7.51. The molecule has 0 radical (unpaired) electrons. The highest BCUT2D eigenvalue weighted by Crippen LogP contribution is 2.44. The second kappa shape index (κ2) is 9.12. The third-order valence-electron chi connectivity index (χ3n) is 5.56. The summed E-state index contributed by atoms with van der Waals surface area (Å²) in [6.45, 7) is 0.101. The van der Waals surface area contributed by atoms with E-state index in [1.807, 2.05) is 36.4 Å². The van der Waals surface area contributed by atoms with Crippen molar-refractivity contribution >= 4 is 11.8 Å². The van der Waals surface area contributed by atoms with Crippen molar-refractivity contribution in [3.05, 3.63) is 89.5 Å². The van der Waals surface area contributed by atoms with E-state index >= 15 is 0 Å². The van der Waals surface area contributed by atoms with E-state index in [0.717, 1.165) is 27.8 Å². The Hall–Kier alpha value is -3.48. The minimum absolute atomic E-state index is 0.100. The summed E-state index contributed by atoms with van der Waals surface area (Å²) in [7, 11) is 1.63. The van der Waals surface area contributed by atoms with Gasteiger partial charge in [-0.05, 0) is 53.4 Å². The Bertz CT molecular complexity index is 1050. The monoisotopic (exact) mass is 416 g/mol. The number of aromatic hydroxyl groups is 1. The summed E-state index contributed by atoms with van der Waals surface area (Å²) in [6, 6.07) is 21.8. The van der Waals surface area contributed by atoms with Gasteiger partial charge >= 0.3 is 5.97 Å². The van der Waals surface area contributed by atoms with Crippen LogP contribution in [0.2, 0.25) is 0 Å². The van der Waals surface area contributed by atoms with Crippen LogP contribution >= 0.6 is 0 Å². The highest BCUT2D eigenvalue weighted by molar-refractivity contribution is 6.35. The summed E-state index contributed by atoms with van der Waals surface area (Å²) in [4.78, 5) is 25.4. The van der Waals surface area contributed by atoms with E-state index in [1.54, 1.807) is 31.3 Å². The molecule has 158 valence electrons. The molecule has 1 aliphatic rings. The number of hydrogen-bond donors (Lipinski definition) is 3. The van der Waals surface area contributed by atoms with E-state index < -0.39 is 17.8 Å². The van der Waals surface area contributed by atoms with Gasteiger partial charge in [0.05, 0.1) is 6.04 Å². The molecule has 0 saturated carbocycles. The van der Waals surface area contributed by atoms with E-state index in [1.165, 1.54) is 0 Å². The molecule has 0 saturated heterocycles. The molecule has 0 aliphatic heterocycles. The number of phenolic OH excluding ortho intramolecular Hbond substituents is 1. The molecule has 0 spiro atoms. The number of rotatable bonds is 8. The van der Waals surface area contributed by atoms with E-state index in [4.69, 9.17) is 4.74 Å². The second-order valence-corrected chi connectivity index (χ2v) is 7.51. The Kier molecular flexibility index (Phi) is 6.11. The van der Waals surface area contributed by atoms with Crippen LogP contribution < -0.4 is 10.9 Å². The number of phenols is 1. The van der Waals surface area contributed by atoms with Crippen LogP contribution in [0, 0.1) is 0 Å². The third-order valence-corrected chi connectivity index (χ3v) is 5.56. The normalized spacial score (nSPS) is 13.3. The zero-order chi connectivity index (χ0) is 21.8. The number of hydrogen-bond acceptors (Lipinski definition) is 6. The number of nitrogens with one attached hydrogen (secondary N) is 2. The maximum absolute atomic E-state index is 12.8. The van der Waals surface area contributed by atoms with E-state index in [-0.39, 0.29) is 24.7 Å². The third kappa shape index (κ3) is 4.35. The number of Topliss-reactive ketones (excluding diaryl/α,β-unsaturated/α-hetero) is 1. The maximum atomic E-state index is 12.8. The first-order valence-electron chi connectivity index (χ1n) is 10.2. The number of ether oxygens (including phenoxy) is 1. The van der Waals surface area contributed by atoms with Crippen LogP contribution in [0.25, 0.3) is 11.1 Å². The van der Waals surface area contributed by atoms with Crippen LogP contribution in [0.4, 0.5) is 0 Å². The van der Waals surface area contributed by atoms with Crippen molar-refractivity contribution in [2.75, 3.05) is 13.7 Å². The van der Waals surface area contributed by atoms with Gasteiger partial charge < -0.3 is 9.84 Å². The molecule has 3 N–H and O–H groups in total. The lowest BCUT2D eigenvalue weighted by Crippen LogP contribution is -2.48. The first kappa shape index (κ1) is 20.8. The van der Waals surface area contributed by atoms with Gasteiger partial charge in [0.2, 0.25) is 0 Å². The standard InChI is InChI=1S/C25H24N2O4/c1-26-27-23(14-16-10-12-17(28)13-11-16)24(29)25(30)31-15-22-20-8-4-2-6-18(20)19-7-3-5-9-21(19)22/h2-13,22-23,26-28H,14-15H2,1H3/t23-/m0/s1. The Labute approximate surface area is 180 Å². The molecule has 0 heterocycles. The first-order chi connectivity index (χ1) is 15.1. The largest absolute Gasteiger partial charge is 0.508 e. The molecule has 3 aromatic carbocycles. The summed E-state index contributed by atoms with van der Waals surface area (Å²) in [6.07, 6.45) is 0.282. The Morgan fingerprint density at radius 1 is 0.935 bits per heavy atom. The Balaban J connectivity index is 1.46. The number of ketones is 1. The lowest BCUT2D eigenvalue weighted by atomic mass is 9.98. The average Bonchev–Trinajstić information content (AvgIpc) is 3.12. The number of esters is 1. The minimum Gasteiger partial charge on any atom is -0.508 e. The highest BCUT2D eigenvalue weighted by Gasteiger charge is 2.31. The number of carbonyl (C=O) groups is 2. The van der Waals surface area contributed by atoms with Crippen LogP contribution in [0.15, 0.2) is 72.8 Å². The lowest BCUT2D eigenvalue weighted by molar-refractivity contribution is -0.155. The number of fused-ring (bicyclic) bond motifs is 3. The molecular formula is C25H24N2O4. The Morgan fingerprint density at radius 2 is 1.52 bits per heavy atom. The van der Waals surface area contributed by atoms with Gasteiger partial charge in [-0.2, -0.15) is 0 Å². The quantitative estimate of drug-likeness (QED) is 0.297. The van der Waals surface area contributed by atoms with Crippen molar-refractivity contribution in [2.24, 2.45) is 0 Å². The van der Waals surface area contributed by atoms with Crippen molar-refractivity contribution < 1.29 is 19.4 Å². The molecular weight excluding hydrogens is 392 g/mol. The summed E-state index contributed by atoms with van der Waals surface area (Å²) < 4.78 is 5.49. The van der Waals surface area contributed by atoms with Gasteiger partial charge in [0.25, 0.3) is 5.78 Å². The van der Waals surface area contributed by atoms with Gasteiger partial charge in [0.15, 0.2) is 0 Å². The van der Waals surface area contributed by atoms with Crippen LogP contribution in [0.3, 0.4) is 0 Å². The number of benzene rings is 3. The molecule has 4 rings (SSSR count). The molecule has 6 heteroatoms. The fraction of sp³-hybridized carbons (Fsp3) is 0.200. The summed E-state index contributed by atoms with van der Waals surface area (Å²) in [5.74, 6) is -1.47. The molecule has 1 aliphatic carbocycles. The van der Waals surface area contributed by atoms with E-state index in [9.17, 15) is 14.7 Å². The molecule has 3 aromatic rings. The van der Waals surface area contributed by atoms with Crippen LogP contribution in [-0.2, 0) is 20.7 Å². The fourth-order valence-corrected chi connectivity index (χ4v) is 4.06. The van der Waals surface area contributed by atoms with Gasteiger partial charge in [-0.1, -0.05) is 60.7 Å². The first-order valence-corrected chi connectivity index (χ1v) is 10.2. The average molecular weight is 416 g/mol. The summed E-state index contributed by atoms with van der Waals surface area (Å²) in [5, 5.41) is 9.44. The number of carbonyl (C=O) groups excluding carboxylic acids is 2. The van der Waals surface area contributed by atoms with Crippen LogP contribution in [0.5, 0.6) is 5.75 Å². The van der Waals surface area contributed by atoms with Gasteiger partial charge in [-0.25, -0.2) is 10.2 Å². The SMILES string of the molecule is CNN[C@@H](Cc1ccc(O)cc1)C(=O)C(=O)OCC1c2ccccc2-c2ccccc21. The van der Waals surface area contributed by atoms with Crippen LogP contribution in [0.1, 0.15) is 22.6 Å². The lowest BCUT2D eigenvalue weighted by Gasteiger charge is -2.18. The van der Waals surface area contributed by atoms with Crippen LogP contribution in [-0.4, -0.2) is 36.6 Å². The smallest absolute Gasteiger partial charge is 0.376 e. The maximum Gasteiger partial charge on any atom is 0.376 e. The van der Waals surface area contributed by atoms with Crippen molar-refractivity contribution in [1.82, 2.24) is 10.9 Å². The molecule has 0 unspecified atom stereocenters. The zero-order valence-corrected chi connectivity index (χ0v) is 17.2. The molecule has 0 amide bonds. The van der Waals surface area contributed by atoms with E-state index in [0.29, 0.717) is 0 Å². The predicted octanol–water partition coefficient (Wildman–Crippen LogP) is 2.95. The fourth-order valence-electron chi connectivity index (χ4n) is 4.06.